The van der Waals surface area contributed by atoms with Crippen LogP contribution in [-0.4, -0.2) is 13.4 Å². The van der Waals surface area contributed by atoms with Gasteiger partial charge < -0.3 is 0 Å². The van der Waals surface area contributed by atoms with Crippen molar-refractivity contribution in [3.63, 3.8) is 0 Å². The van der Waals surface area contributed by atoms with Crippen LogP contribution >= 0.6 is 50.5 Å². The van der Waals surface area contributed by atoms with Crippen molar-refractivity contribution in [1.82, 2.24) is 4.98 Å². The van der Waals surface area contributed by atoms with E-state index in [4.69, 9.17) is 23.2 Å². The van der Waals surface area contributed by atoms with E-state index in [2.05, 4.69) is 25.6 Å². The van der Waals surface area contributed by atoms with Gasteiger partial charge in [0.25, 0.3) is 10.0 Å². The van der Waals surface area contributed by atoms with Crippen LogP contribution in [0.3, 0.4) is 0 Å². The molecule has 0 bridgehead atoms. The van der Waals surface area contributed by atoms with Crippen molar-refractivity contribution < 1.29 is 8.42 Å². The van der Waals surface area contributed by atoms with Gasteiger partial charge in [-0.05, 0) is 40.5 Å². The Morgan fingerprint density at radius 3 is 2.63 bits per heavy atom. The second kappa shape index (κ2) is 5.57. The van der Waals surface area contributed by atoms with E-state index < -0.39 is 10.0 Å². The molecule has 0 radical (unpaired) electrons. The summed E-state index contributed by atoms with van der Waals surface area (Å²) in [5.74, 6) is 0. The first-order chi connectivity index (χ1) is 8.79. The van der Waals surface area contributed by atoms with Crippen molar-refractivity contribution in [2.75, 3.05) is 4.72 Å². The number of aromatic nitrogens is 1. The lowest BCUT2D eigenvalue weighted by atomic mass is 10.3. The van der Waals surface area contributed by atoms with Gasteiger partial charge >= 0.3 is 0 Å². The Balaban J connectivity index is 2.39. The first-order valence-electron chi connectivity index (χ1n) is 4.89. The third-order valence-corrected chi connectivity index (χ3v) is 6.72. The molecular formula is C10H7BrCl2N2O2S2. The molecule has 2 rings (SSSR count). The van der Waals surface area contributed by atoms with E-state index in [0.29, 0.717) is 8.81 Å². The second-order valence-electron chi connectivity index (χ2n) is 3.64. The number of thiophene rings is 1. The topological polar surface area (TPSA) is 59.1 Å². The number of sulfonamides is 1. The van der Waals surface area contributed by atoms with Crippen molar-refractivity contribution in [2.45, 2.75) is 11.1 Å². The first-order valence-corrected chi connectivity index (χ1v) is 8.74. The van der Waals surface area contributed by atoms with Gasteiger partial charge in [0.05, 0.1) is 14.5 Å². The van der Waals surface area contributed by atoms with Crippen LogP contribution in [0.2, 0.25) is 10.2 Å². The lowest BCUT2D eigenvalue weighted by Crippen LogP contribution is -2.12. The zero-order chi connectivity index (χ0) is 14.2. The molecule has 0 fully saturated rings. The molecular weight excluding hydrogens is 395 g/mol. The standard InChI is InChI=1S/C10H7BrCl2N2O2S2/c1-5-2-7(10(13)14-4-5)15-19(16,17)8-3-6(12)9(11)18-8/h2-4,15H,1H3. The molecule has 0 aliphatic heterocycles. The maximum atomic E-state index is 12.2. The van der Waals surface area contributed by atoms with Crippen molar-refractivity contribution in [2.24, 2.45) is 0 Å². The number of anilines is 1. The minimum atomic E-state index is -3.72. The SMILES string of the molecule is Cc1cnc(Cl)c(NS(=O)(=O)c2cc(Cl)c(Br)s2)c1. The van der Waals surface area contributed by atoms with E-state index in [1.165, 1.54) is 6.07 Å². The van der Waals surface area contributed by atoms with E-state index in [0.717, 1.165) is 16.9 Å². The molecule has 0 aliphatic rings. The maximum absolute atomic E-state index is 12.2. The zero-order valence-corrected chi connectivity index (χ0v) is 14.2. The summed E-state index contributed by atoms with van der Waals surface area (Å²) >= 11 is 15.9. The van der Waals surface area contributed by atoms with Crippen LogP contribution in [0.4, 0.5) is 5.69 Å². The van der Waals surface area contributed by atoms with Crippen molar-refractivity contribution in [3.8, 4) is 0 Å². The Kier molecular flexibility index (Phi) is 4.42. The highest BCUT2D eigenvalue weighted by molar-refractivity contribution is 9.11. The molecule has 0 unspecified atom stereocenters. The molecule has 9 heteroatoms. The minimum absolute atomic E-state index is 0.0934. The molecule has 2 aromatic heterocycles. The quantitative estimate of drug-likeness (QED) is 0.779. The Bertz CT molecular complexity index is 712. The third kappa shape index (κ3) is 3.41. The van der Waals surface area contributed by atoms with Crippen LogP contribution < -0.4 is 4.72 Å². The van der Waals surface area contributed by atoms with Gasteiger partial charge in [-0.2, -0.15) is 0 Å². The maximum Gasteiger partial charge on any atom is 0.271 e. The van der Waals surface area contributed by atoms with Gasteiger partial charge in [0.2, 0.25) is 0 Å². The summed E-state index contributed by atoms with van der Waals surface area (Å²) in [6, 6.07) is 2.98. The van der Waals surface area contributed by atoms with Crippen molar-refractivity contribution in [3.05, 3.63) is 37.9 Å². The highest BCUT2D eigenvalue weighted by Crippen LogP contribution is 2.35. The molecule has 0 saturated heterocycles. The predicted octanol–water partition coefficient (Wildman–Crippen LogP) is 4.32. The smallest absolute Gasteiger partial charge is 0.271 e. The summed E-state index contributed by atoms with van der Waals surface area (Å²) < 4.78 is 27.4. The van der Waals surface area contributed by atoms with Crippen LogP contribution in [0, 0.1) is 6.92 Å². The van der Waals surface area contributed by atoms with Gasteiger partial charge in [-0.15, -0.1) is 11.3 Å². The number of hydrogen-bond donors (Lipinski definition) is 1. The molecule has 102 valence electrons. The lowest BCUT2D eigenvalue weighted by molar-refractivity contribution is 0.603. The van der Waals surface area contributed by atoms with E-state index in [9.17, 15) is 8.42 Å². The number of rotatable bonds is 3. The Morgan fingerprint density at radius 2 is 2.05 bits per heavy atom. The average Bonchev–Trinajstić information content (AvgIpc) is 2.65. The van der Waals surface area contributed by atoms with E-state index in [1.54, 1.807) is 19.2 Å². The van der Waals surface area contributed by atoms with Gasteiger partial charge in [0, 0.05) is 6.20 Å². The predicted molar refractivity (Wildman–Crippen MR) is 81.8 cm³/mol. The Morgan fingerprint density at radius 1 is 1.37 bits per heavy atom. The van der Waals surface area contributed by atoms with Gasteiger partial charge in [0.1, 0.15) is 4.21 Å². The fourth-order valence-corrected chi connectivity index (χ4v) is 4.94. The summed E-state index contributed by atoms with van der Waals surface area (Å²) in [4.78, 5) is 3.89. The summed E-state index contributed by atoms with van der Waals surface area (Å²) in [6.45, 7) is 1.79. The molecule has 4 nitrogen and oxygen atoms in total. The summed E-state index contributed by atoms with van der Waals surface area (Å²) in [6.07, 6.45) is 1.55. The van der Waals surface area contributed by atoms with Crippen LogP contribution in [-0.2, 0) is 10.0 Å². The Hall–Kier alpha value is -0.340. The minimum Gasteiger partial charge on any atom is -0.276 e. The van der Waals surface area contributed by atoms with Crippen LogP contribution in [0.5, 0.6) is 0 Å². The number of aryl methyl sites for hydroxylation is 1. The van der Waals surface area contributed by atoms with E-state index in [-0.39, 0.29) is 15.0 Å². The highest BCUT2D eigenvalue weighted by atomic mass is 79.9. The average molecular weight is 402 g/mol. The number of nitrogens with zero attached hydrogens (tertiary/aromatic N) is 1. The molecule has 2 heterocycles. The molecule has 0 spiro atoms. The second-order valence-corrected chi connectivity index (χ2v) is 8.69. The fraction of sp³-hybridized carbons (Fsp3) is 0.100. The van der Waals surface area contributed by atoms with Crippen LogP contribution in [0.25, 0.3) is 0 Å². The van der Waals surface area contributed by atoms with Gasteiger partial charge in [-0.25, -0.2) is 13.4 Å². The number of halogens is 3. The summed E-state index contributed by atoms with van der Waals surface area (Å²) in [5, 5.41) is 0.440. The molecule has 1 N–H and O–H groups in total. The third-order valence-electron chi connectivity index (χ3n) is 2.11. The molecule has 19 heavy (non-hydrogen) atoms. The normalized spacial score (nSPS) is 11.6. The lowest BCUT2D eigenvalue weighted by Gasteiger charge is -2.08. The Labute approximate surface area is 132 Å². The monoisotopic (exact) mass is 400 g/mol. The van der Waals surface area contributed by atoms with Crippen LogP contribution in [0.1, 0.15) is 5.56 Å². The molecule has 0 saturated carbocycles. The molecule has 0 atom stereocenters. The largest absolute Gasteiger partial charge is 0.276 e. The molecule has 0 aromatic carbocycles. The number of hydrogen-bond acceptors (Lipinski definition) is 4. The fourth-order valence-electron chi connectivity index (χ4n) is 1.28. The van der Waals surface area contributed by atoms with Gasteiger partial charge in [-0.1, -0.05) is 23.2 Å². The highest BCUT2D eigenvalue weighted by Gasteiger charge is 2.20. The summed E-state index contributed by atoms with van der Waals surface area (Å²) in [7, 11) is -3.72. The first kappa shape index (κ1) is 15.1. The van der Waals surface area contributed by atoms with Crippen LogP contribution in [0.15, 0.2) is 26.3 Å². The van der Waals surface area contributed by atoms with Crippen molar-refractivity contribution in [1.29, 1.82) is 0 Å². The summed E-state index contributed by atoms with van der Waals surface area (Å²) in [5.41, 5.74) is 1.04. The molecule has 2 aromatic rings. The van der Waals surface area contributed by atoms with Gasteiger partial charge in [-0.3, -0.25) is 4.72 Å². The number of pyridine rings is 1. The number of nitrogens with one attached hydrogen (secondary N) is 1. The molecule has 0 aliphatic carbocycles. The van der Waals surface area contributed by atoms with E-state index >= 15 is 0 Å². The van der Waals surface area contributed by atoms with Gasteiger partial charge in [0.15, 0.2) is 5.15 Å². The van der Waals surface area contributed by atoms with Crippen molar-refractivity contribution >= 4 is 66.2 Å². The van der Waals surface area contributed by atoms with E-state index in [1.807, 2.05) is 0 Å². The zero-order valence-electron chi connectivity index (χ0n) is 9.45. The molecule has 0 amide bonds.